The molecule has 32 heavy (non-hydrogen) atoms. The molecule has 3 aromatic carbocycles. The molecule has 5 nitrogen and oxygen atoms in total. The van der Waals surface area contributed by atoms with Gasteiger partial charge in [0.2, 0.25) is 4.80 Å². The Kier molecular flexibility index (Phi) is 5.68. The molecule has 0 unspecified atom stereocenters. The number of para-hydroxylation sites is 1. The summed E-state index contributed by atoms with van der Waals surface area (Å²) >= 11 is 1.58. The van der Waals surface area contributed by atoms with Crippen LogP contribution in [0.5, 0.6) is 5.75 Å². The third-order valence-corrected chi connectivity index (χ3v) is 6.10. The van der Waals surface area contributed by atoms with Crippen LogP contribution in [-0.2, 0) is 6.54 Å². The van der Waals surface area contributed by atoms with Gasteiger partial charge >= 0.3 is 0 Å². The van der Waals surface area contributed by atoms with E-state index in [9.17, 15) is 0 Å². The molecule has 5 aromatic rings. The van der Waals surface area contributed by atoms with E-state index in [0.717, 1.165) is 38.3 Å². The number of aromatic amines is 1. The molecule has 0 bridgehead atoms. The number of rotatable bonds is 6. The highest BCUT2D eigenvalue weighted by Crippen LogP contribution is 2.23. The largest absolute Gasteiger partial charge is 0.497 e. The Morgan fingerprint density at radius 2 is 1.75 bits per heavy atom. The van der Waals surface area contributed by atoms with Gasteiger partial charge in [-0.05, 0) is 35.9 Å². The molecule has 158 valence electrons. The van der Waals surface area contributed by atoms with Gasteiger partial charge in [0.1, 0.15) is 5.75 Å². The molecule has 0 aliphatic carbocycles. The minimum Gasteiger partial charge on any atom is -0.497 e. The van der Waals surface area contributed by atoms with Crippen molar-refractivity contribution in [3.8, 4) is 17.0 Å². The average molecular weight is 439 g/mol. The van der Waals surface area contributed by atoms with Crippen LogP contribution in [0.25, 0.3) is 22.2 Å². The van der Waals surface area contributed by atoms with Crippen LogP contribution in [0.1, 0.15) is 11.1 Å². The van der Waals surface area contributed by atoms with Crippen molar-refractivity contribution in [1.29, 1.82) is 0 Å². The standard InChI is InChI=1S/C26H22N4OS/c1-31-22-13-11-20(12-14-22)25-18-32-26(28-15-19-7-3-2-4-8-19)30(25)29-17-21-16-27-24-10-6-5-9-23(21)24/h2-14,16-18,27H,15H2,1H3. The number of nitrogens with zero attached hydrogens (tertiary/aromatic N) is 3. The van der Waals surface area contributed by atoms with E-state index in [0.29, 0.717) is 6.54 Å². The van der Waals surface area contributed by atoms with Gasteiger partial charge in [0, 0.05) is 33.6 Å². The van der Waals surface area contributed by atoms with Crippen LogP contribution in [0.3, 0.4) is 0 Å². The number of ether oxygens (including phenoxy) is 1. The van der Waals surface area contributed by atoms with E-state index in [1.807, 2.05) is 71.7 Å². The summed E-state index contributed by atoms with van der Waals surface area (Å²) in [5, 5.41) is 8.08. The highest BCUT2D eigenvalue weighted by molar-refractivity contribution is 7.07. The Hall–Kier alpha value is -3.90. The van der Waals surface area contributed by atoms with Crippen molar-refractivity contribution in [2.45, 2.75) is 6.54 Å². The molecule has 0 amide bonds. The third kappa shape index (κ3) is 4.13. The maximum atomic E-state index is 5.31. The second kappa shape index (κ2) is 9.08. The summed E-state index contributed by atoms with van der Waals surface area (Å²) in [6.45, 7) is 0.603. The highest BCUT2D eigenvalue weighted by Gasteiger charge is 2.08. The summed E-state index contributed by atoms with van der Waals surface area (Å²) in [5.74, 6) is 0.826. The van der Waals surface area contributed by atoms with Crippen molar-refractivity contribution in [3.63, 3.8) is 0 Å². The molecule has 0 spiro atoms. The predicted molar refractivity (Wildman–Crippen MR) is 131 cm³/mol. The van der Waals surface area contributed by atoms with Crippen LogP contribution in [0.2, 0.25) is 0 Å². The second-order valence-corrected chi connectivity index (χ2v) is 8.12. The second-order valence-electron chi connectivity index (χ2n) is 7.28. The van der Waals surface area contributed by atoms with E-state index in [4.69, 9.17) is 14.8 Å². The van der Waals surface area contributed by atoms with Crippen LogP contribution in [0, 0.1) is 0 Å². The quantitative estimate of drug-likeness (QED) is 0.340. The number of hydrogen-bond donors (Lipinski definition) is 1. The fraction of sp³-hybridized carbons (Fsp3) is 0.0769. The summed E-state index contributed by atoms with van der Waals surface area (Å²) in [5.41, 5.74) is 5.33. The van der Waals surface area contributed by atoms with Gasteiger partial charge < -0.3 is 9.72 Å². The minimum atomic E-state index is 0.603. The molecule has 0 aliphatic rings. The molecule has 0 fully saturated rings. The van der Waals surface area contributed by atoms with Crippen LogP contribution in [-0.4, -0.2) is 23.0 Å². The van der Waals surface area contributed by atoms with Crippen molar-refractivity contribution < 1.29 is 4.74 Å². The van der Waals surface area contributed by atoms with Crippen LogP contribution in [0.4, 0.5) is 0 Å². The number of methoxy groups -OCH3 is 1. The molecule has 2 aromatic heterocycles. The number of nitrogens with one attached hydrogen (secondary N) is 1. The monoisotopic (exact) mass is 438 g/mol. The topological polar surface area (TPSA) is 54.7 Å². The lowest BCUT2D eigenvalue weighted by molar-refractivity contribution is 0.415. The van der Waals surface area contributed by atoms with Gasteiger partial charge in [-0.15, -0.1) is 11.3 Å². The molecular weight excluding hydrogens is 416 g/mol. The predicted octanol–water partition coefficient (Wildman–Crippen LogP) is 5.69. The lowest BCUT2D eigenvalue weighted by Gasteiger charge is -2.05. The zero-order valence-electron chi connectivity index (χ0n) is 17.6. The first kappa shape index (κ1) is 20.0. The number of H-pyrrole nitrogens is 1. The fourth-order valence-corrected chi connectivity index (χ4v) is 4.38. The van der Waals surface area contributed by atoms with Crippen molar-refractivity contribution >= 4 is 28.5 Å². The Morgan fingerprint density at radius 1 is 0.969 bits per heavy atom. The number of thiazole rings is 1. The zero-order valence-corrected chi connectivity index (χ0v) is 18.4. The van der Waals surface area contributed by atoms with Crippen molar-refractivity contribution in [1.82, 2.24) is 9.66 Å². The van der Waals surface area contributed by atoms with Gasteiger partial charge in [-0.3, -0.25) is 4.99 Å². The van der Waals surface area contributed by atoms with E-state index in [1.54, 1.807) is 18.4 Å². The highest BCUT2D eigenvalue weighted by atomic mass is 32.1. The number of aromatic nitrogens is 2. The van der Waals surface area contributed by atoms with E-state index in [-0.39, 0.29) is 0 Å². The molecule has 0 saturated carbocycles. The Bertz CT molecular complexity index is 1430. The van der Waals surface area contributed by atoms with Gasteiger partial charge in [-0.25, -0.2) is 4.68 Å². The average Bonchev–Trinajstić information content (AvgIpc) is 3.46. The molecule has 2 heterocycles. The maximum Gasteiger partial charge on any atom is 0.206 e. The zero-order chi connectivity index (χ0) is 21.8. The summed E-state index contributed by atoms with van der Waals surface area (Å²) in [6, 6.07) is 26.5. The van der Waals surface area contributed by atoms with Gasteiger partial charge in [0.15, 0.2) is 0 Å². The third-order valence-electron chi connectivity index (χ3n) is 5.24. The van der Waals surface area contributed by atoms with Crippen molar-refractivity contribution in [2.24, 2.45) is 10.1 Å². The Balaban J connectivity index is 1.57. The summed E-state index contributed by atoms with van der Waals surface area (Å²) in [4.78, 5) is 9.00. The summed E-state index contributed by atoms with van der Waals surface area (Å²) in [7, 11) is 1.67. The maximum absolute atomic E-state index is 5.31. The van der Waals surface area contributed by atoms with Crippen LogP contribution in [0.15, 0.2) is 101 Å². The van der Waals surface area contributed by atoms with Crippen LogP contribution >= 0.6 is 11.3 Å². The van der Waals surface area contributed by atoms with E-state index >= 15 is 0 Å². The first-order valence-corrected chi connectivity index (χ1v) is 11.2. The van der Waals surface area contributed by atoms with E-state index in [1.165, 1.54) is 5.56 Å². The van der Waals surface area contributed by atoms with Crippen LogP contribution < -0.4 is 9.54 Å². The summed E-state index contributed by atoms with van der Waals surface area (Å²) in [6.07, 6.45) is 3.87. The molecule has 1 N–H and O–H groups in total. The first-order valence-electron chi connectivity index (χ1n) is 10.3. The normalized spacial score (nSPS) is 12.1. The minimum absolute atomic E-state index is 0.603. The number of fused-ring (bicyclic) bond motifs is 1. The number of hydrogen-bond acceptors (Lipinski definition) is 4. The SMILES string of the molecule is COc1ccc(-c2csc(=NCc3ccccc3)n2N=Cc2c[nH]c3ccccc23)cc1. The molecule has 5 rings (SSSR count). The first-order chi connectivity index (χ1) is 15.8. The molecular formula is C26H22N4OS. The Morgan fingerprint density at radius 3 is 2.56 bits per heavy atom. The molecule has 0 aliphatic heterocycles. The van der Waals surface area contributed by atoms with E-state index < -0.39 is 0 Å². The van der Waals surface area contributed by atoms with Gasteiger partial charge in [-0.2, -0.15) is 5.10 Å². The Labute approximate surface area is 190 Å². The lowest BCUT2D eigenvalue weighted by Crippen LogP contribution is -2.12. The summed E-state index contributed by atoms with van der Waals surface area (Å²) < 4.78 is 7.22. The van der Waals surface area contributed by atoms with Gasteiger partial charge in [0.25, 0.3) is 0 Å². The lowest BCUT2D eigenvalue weighted by atomic mass is 10.2. The van der Waals surface area contributed by atoms with Crippen molar-refractivity contribution in [2.75, 3.05) is 7.11 Å². The fourth-order valence-electron chi connectivity index (χ4n) is 3.54. The van der Waals surface area contributed by atoms with Gasteiger partial charge in [0.05, 0.1) is 25.6 Å². The number of benzene rings is 3. The van der Waals surface area contributed by atoms with E-state index in [2.05, 4.69) is 34.6 Å². The van der Waals surface area contributed by atoms with Crippen molar-refractivity contribution in [3.05, 3.63) is 106 Å². The molecule has 0 radical (unpaired) electrons. The molecule has 0 saturated heterocycles. The van der Waals surface area contributed by atoms with Gasteiger partial charge in [-0.1, -0.05) is 48.5 Å². The smallest absolute Gasteiger partial charge is 0.206 e. The molecule has 6 heteroatoms. The molecule has 0 atom stereocenters.